The molecule has 222 valence electrons. The van der Waals surface area contributed by atoms with Crippen molar-refractivity contribution >= 4 is 46.8 Å². The summed E-state index contributed by atoms with van der Waals surface area (Å²) in [6, 6.07) is 3.44. The zero-order chi connectivity index (χ0) is 28.9. The van der Waals surface area contributed by atoms with Gasteiger partial charge in [0.2, 0.25) is 5.91 Å². The summed E-state index contributed by atoms with van der Waals surface area (Å²) in [4.78, 5) is 44.5. The number of urea groups is 1. The van der Waals surface area contributed by atoms with E-state index in [-0.39, 0.29) is 36.0 Å². The number of carbonyl (C=O) groups excluding carboxylic acids is 3. The minimum Gasteiger partial charge on any atom is -0.463 e. The van der Waals surface area contributed by atoms with E-state index in [0.29, 0.717) is 54.8 Å². The number of rotatable bonds is 11. The predicted octanol–water partition coefficient (Wildman–Crippen LogP) is 4.79. The van der Waals surface area contributed by atoms with Crippen molar-refractivity contribution in [1.29, 1.82) is 0 Å². The molecule has 9 nitrogen and oxygen atoms in total. The smallest absolute Gasteiger partial charge is 0.322 e. The lowest BCUT2D eigenvalue weighted by Crippen LogP contribution is -2.61. The molecular formula is C29H42Cl2N4O5. The van der Waals surface area contributed by atoms with Gasteiger partial charge in [0.1, 0.15) is 12.6 Å². The lowest BCUT2D eigenvalue weighted by molar-refractivity contribution is -0.152. The van der Waals surface area contributed by atoms with E-state index in [1.165, 1.54) is 4.90 Å². The van der Waals surface area contributed by atoms with Crippen molar-refractivity contribution in [3.63, 3.8) is 0 Å². The molecule has 1 aromatic carbocycles. The number of esters is 1. The number of carbonyl (C=O) groups is 3. The first-order valence-electron chi connectivity index (χ1n) is 14.5. The van der Waals surface area contributed by atoms with Crippen molar-refractivity contribution in [2.24, 2.45) is 5.41 Å². The van der Waals surface area contributed by atoms with E-state index < -0.39 is 12.1 Å². The number of hydrogen-bond donors (Lipinski definition) is 2. The van der Waals surface area contributed by atoms with Crippen LogP contribution in [-0.2, 0) is 14.3 Å². The molecular weight excluding hydrogens is 555 g/mol. The van der Waals surface area contributed by atoms with Crippen LogP contribution in [0.1, 0.15) is 65.2 Å². The SMILES string of the molecule is CCCCCC(=O)OC[C@H](CCN1CCC2(CC2)[C@H](O)C1)N1CCN(C(=O)Nc2ccc(Cl)c(Cl)c2)[C@@H](C)C1=O. The van der Waals surface area contributed by atoms with Gasteiger partial charge in [-0.25, -0.2) is 4.79 Å². The van der Waals surface area contributed by atoms with Gasteiger partial charge in [-0.1, -0.05) is 43.0 Å². The van der Waals surface area contributed by atoms with Crippen molar-refractivity contribution in [2.75, 3.05) is 44.6 Å². The van der Waals surface area contributed by atoms with Crippen LogP contribution in [0.2, 0.25) is 10.0 Å². The Bertz CT molecular complexity index is 1070. The number of aliphatic hydroxyl groups excluding tert-OH is 1. The normalized spacial score (nSPS) is 23.3. The third-order valence-corrected chi connectivity index (χ3v) is 9.46. The maximum absolute atomic E-state index is 13.6. The first-order chi connectivity index (χ1) is 19.1. The number of ether oxygens (including phenoxy) is 1. The van der Waals surface area contributed by atoms with Gasteiger partial charge in [0.05, 0.1) is 22.2 Å². The van der Waals surface area contributed by atoms with E-state index >= 15 is 0 Å². The third-order valence-electron chi connectivity index (χ3n) is 8.72. The van der Waals surface area contributed by atoms with Gasteiger partial charge in [0, 0.05) is 38.3 Å². The summed E-state index contributed by atoms with van der Waals surface area (Å²) in [7, 11) is 0. The number of nitrogens with zero attached hydrogens (tertiary/aromatic N) is 3. The number of β-amino-alcohol motifs (C(OH)–C–C–N with tert-alkyl or cyclic N) is 1. The number of likely N-dealkylation sites (tertiary alicyclic amines) is 1. The number of amides is 3. The summed E-state index contributed by atoms with van der Waals surface area (Å²) in [5.74, 6) is -0.430. The predicted molar refractivity (Wildman–Crippen MR) is 156 cm³/mol. The average Bonchev–Trinajstić information content (AvgIpc) is 3.71. The highest BCUT2D eigenvalue weighted by atomic mass is 35.5. The van der Waals surface area contributed by atoms with Gasteiger partial charge in [-0.2, -0.15) is 0 Å². The van der Waals surface area contributed by atoms with Gasteiger partial charge in [-0.15, -0.1) is 0 Å². The molecule has 1 spiro atoms. The molecule has 2 heterocycles. The zero-order valence-corrected chi connectivity index (χ0v) is 25.1. The molecule has 4 rings (SSSR count). The minimum absolute atomic E-state index is 0.124. The number of nitrogens with one attached hydrogen (secondary N) is 1. The van der Waals surface area contributed by atoms with Crippen LogP contribution in [0.25, 0.3) is 0 Å². The lowest BCUT2D eigenvalue weighted by atomic mass is 9.90. The van der Waals surface area contributed by atoms with E-state index in [9.17, 15) is 19.5 Å². The molecule has 11 heteroatoms. The van der Waals surface area contributed by atoms with Gasteiger partial charge < -0.3 is 29.9 Å². The van der Waals surface area contributed by atoms with E-state index in [4.69, 9.17) is 27.9 Å². The van der Waals surface area contributed by atoms with Crippen LogP contribution in [0.4, 0.5) is 10.5 Å². The highest BCUT2D eigenvalue weighted by Crippen LogP contribution is 2.53. The number of piperidine rings is 1. The Morgan fingerprint density at radius 1 is 1.15 bits per heavy atom. The first-order valence-corrected chi connectivity index (χ1v) is 15.3. The number of halogens is 2. The van der Waals surface area contributed by atoms with E-state index in [1.54, 1.807) is 30.0 Å². The number of aliphatic hydroxyl groups is 1. The molecule has 3 fully saturated rings. The molecule has 0 aromatic heterocycles. The fourth-order valence-electron chi connectivity index (χ4n) is 5.77. The molecule has 3 atom stereocenters. The van der Waals surface area contributed by atoms with Crippen LogP contribution in [0, 0.1) is 5.41 Å². The molecule has 0 bridgehead atoms. The van der Waals surface area contributed by atoms with Crippen LogP contribution in [0.3, 0.4) is 0 Å². The molecule has 2 N–H and O–H groups in total. The maximum atomic E-state index is 13.6. The Morgan fingerprint density at radius 2 is 1.93 bits per heavy atom. The summed E-state index contributed by atoms with van der Waals surface area (Å²) >= 11 is 12.1. The van der Waals surface area contributed by atoms with Crippen molar-refractivity contribution in [3.8, 4) is 0 Å². The fourth-order valence-corrected chi connectivity index (χ4v) is 6.06. The van der Waals surface area contributed by atoms with Crippen LogP contribution >= 0.6 is 23.2 Å². The second kappa shape index (κ2) is 13.7. The second-order valence-electron chi connectivity index (χ2n) is 11.5. The maximum Gasteiger partial charge on any atom is 0.322 e. The minimum atomic E-state index is -0.689. The Hall–Kier alpha value is -2.07. The van der Waals surface area contributed by atoms with Gasteiger partial charge in [-0.05, 0) is 69.2 Å². The van der Waals surface area contributed by atoms with Gasteiger partial charge >= 0.3 is 12.0 Å². The molecule has 1 aliphatic carbocycles. The van der Waals surface area contributed by atoms with Crippen LogP contribution in [0.15, 0.2) is 18.2 Å². The molecule has 3 aliphatic rings. The van der Waals surface area contributed by atoms with Gasteiger partial charge in [-0.3, -0.25) is 9.59 Å². The largest absolute Gasteiger partial charge is 0.463 e. The average molecular weight is 598 g/mol. The standard InChI is InChI=1S/C29H42Cl2N4O5/c1-3-4-5-6-26(37)40-19-22(9-13-33-14-12-29(10-11-29)25(36)18-33)35-16-15-34(20(2)27(35)38)28(39)32-21-7-8-23(30)24(31)17-21/h7-8,17,20,22,25,36H,3-6,9-16,18-19H2,1-2H3,(H,32,39)/t20-,22-,25+/m0/s1. The third kappa shape index (κ3) is 7.60. The van der Waals surface area contributed by atoms with Crippen molar-refractivity contribution in [3.05, 3.63) is 28.2 Å². The molecule has 0 radical (unpaired) electrons. The summed E-state index contributed by atoms with van der Waals surface area (Å²) in [5, 5.41) is 14.1. The summed E-state index contributed by atoms with van der Waals surface area (Å²) < 4.78 is 5.65. The summed E-state index contributed by atoms with van der Waals surface area (Å²) in [6.45, 7) is 6.86. The van der Waals surface area contributed by atoms with Crippen LogP contribution < -0.4 is 5.32 Å². The van der Waals surface area contributed by atoms with E-state index in [1.807, 2.05) is 0 Å². The number of piperazine rings is 1. The van der Waals surface area contributed by atoms with Crippen molar-refractivity contribution in [2.45, 2.75) is 83.4 Å². The highest BCUT2D eigenvalue weighted by molar-refractivity contribution is 6.42. The molecule has 1 aromatic rings. The number of anilines is 1. The quantitative estimate of drug-likeness (QED) is 0.281. The second-order valence-corrected chi connectivity index (χ2v) is 12.3. The van der Waals surface area contributed by atoms with Gasteiger partial charge in [0.15, 0.2) is 0 Å². The molecule has 2 aliphatic heterocycles. The zero-order valence-electron chi connectivity index (χ0n) is 23.5. The number of hydrogen-bond acceptors (Lipinski definition) is 6. The number of unbranched alkanes of at least 4 members (excludes halogenated alkanes) is 2. The molecule has 2 saturated heterocycles. The van der Waals surface area contributed by atoms with E-state index in [2.05, 4.69) is 17.1 Å². The van der Waals surface area contributed by atoms with Crippen LogP contribution in [-0.4, -0.2) is 95.2 Å². The number of benzene rings is 1. The van der Waals surface area contributed by atoms with Crippen molar-refractivity contribution < 1.29 is 24.2 Å². The topological polar surface area (TPSA) is 102 Å². The Balaban J connectivity index is 1.37. The first kappa shape index (κ1) is 30.9. The van der Waals surface area contributed by atoms with Crippen LogP contribution in [0.5, 0.6) is 0 Å². The van der Waals surface area contributed by atoms with Crippen molar-refractivity contribution in [1.82, 2.24) is 14.7 Å². The Kier molecular flexibility index (Phi) is 10.6. The fraction of sp³-hybridized carbons (Fsp3) is 0.690. The molecule has 1 saturated carbocycles. The Morgan fingerprint density at radius 3 is 2.60 bits per heavy atom. The molecule has 0 unspecified atom stereocenters. The molecule has 40 heavy (non-hydrogen) atoms. The monoisotopic (exact) mass is 596 g/mol. The highest BCUT2D eigenvalue weighted by Gasteiger charge is 2.51. The van der Waals surface area contributed by atoms with Gasteiger partial charge in [0.25, 0.3) is 0 Å². The Labute approximate surface area is 247 Å². The molecule has 3 amide bonds. The van der Waals surface area contributed by atoms with E-state index in [0.717, 1.165) is 45.1 Å². The summed E-state index contributed by atoms with van der Waals surface area (Å²) in [5.41, 5.74) is 0.620. The lowest BCUT2D eigenvalue weighted by Gasteiger charge is -2.43. The summed E-state index contributed by atoms with van der Waals surface area (Å²) in [6.07, 6.45) is 6.67.